The Morgan fingerprint density at radius 1 is 1.07 bits per heavy atom. The van der Waals surface area contributed by atoms with Crippen molar-refractivity contribution in [2.45, 2.75) is 26.8 Å². The summed E-state index contributed by atoms with van der Waals surface area (Å²) >= 11 is 6.09. The molecule has 0 radical (unpaired) electrons. The SMILES string of the molecule is Cc1noc(C)c1CC(=O)N1CCN(C(=O)Cn2ccc3ccc(Cl)cc32)CC1. The van der Waals surface area contributed by atoms with Gasteiger partial charge in [-0.3, -0.25) is 9.59 Å². The van der Waals surface area contributed by atoms with Gasteiger partial charge < -0.3 is 18.9 Å². The first-order chi connectivity index (χ1) is 13.9. The number of aryl methyl sites for hydroxylation is 2. The van der Waals surface area contributed by atoms with E-state index >= 15 is 0 Å². The first kappa shape index (κ1) is 19.5. The molecule has 0 N–H and O–H groups in total. The highest BCUT2D eigenvalue weighted by Gasteiger charge is 2.25. The summed E-state index contributed by atoms with van der Waals surface area (Å²) in [5.41, 5.74) is 2.55. The number of carbonyl (C=O) groups is 2. The maximum absolute atomic E-state index is 12.8. The van der Waals surface area contributed by atoms with E-state index in [4.69, 9.17) is 16.1 Å². The second-order valence-corrected chi connectivity index (χ2v) is 7.82. The molecule has 2 amide bonds. The van der Waals surface area contributed by atoms with Gasteiger partial charge in [0, 0.05) is 48.5 Å². The van der Waals surface area contributed by atoms with Gasteiger partial charge in [0.05, 0.1) is 12.1 Å². The van der Waals surface area contributed by atoms with Gasteiger partial charge in [0.2, 0.25) is 11.8 Å². The Morgan fingerprint density at radius 2 is 1.76 bits per heavy atom. The third-order valence-corrected chi connectivity index (χ3v) is 5.77. The van der Waals surface area contributed by atoms with E-state index in [1.165, 1.54) is 0 Å². The minimum Gasteiger partial charge on any atom is -0.361 e. The van der Waals surface area contributed by atoms with Crippen LogP contribution in [-0.4, -0.2) is 57.5 Å². The van der Waals surface area contributed by atoms with E-state index in [0.717, 1.165) is 22.2 Å². The molecule has 29 heavy (non-hydrogen) atoms. The van der Waals surface area contributed by atoms with Gasteiger partial charge in [-0.2, -0.15) is 0 Å². The van der Waals surface area contributed by atoms with Crippen LogP contribution in [0.1, 0.15) is 17.0 Å². The number of aromatic nitrogens is 2. The van der Waals surface area contributed by atoms with Crippen molar-refractivity contribution >= 4 is 34.3 Å². The van der Waals surface area contributed by atoms with E-state index in [-0.39, 0.29) is 24.8 Å². The minimum absolute atomic E-state index is 0.0394. The lowest BCUT2D eigenvalue weighted by Crippen LogP contribution is -2.51. The van der Waals surface area contributed by atoms with Crippen LogP contribution in [0.5, 0.6) is 0 Å². The number of piperazine rings is 1. The van der Waals surface area contributed by atoms with Crippen LogP contribution in [0.4, 0.5) is 0 Å². The fourth-order valence-corrected chi connectivity index (χ4v) is 3.93. The maximum Gasteiger partial charge on any atom is 0.242 e. The molecular weight excluding hydrogens is 392 g/mol. The number of amides is 2. The van der Waals surface area contributed by atoms with Gasteiger partial charge in [0.1, 0.15) is 12.3 Å². The third kappa shape index (κ3) is 4.00. The van der Waals surface area contributed by atoms with Crippen molar-refractivity contribution in [1.29, 1.82) is 0 Å². The highest BCUT2D eigenvalue weighted by molar-refractivity contribution is 6.31. The fourth-order valence-electron chi connectivity index (χ4n) is 3.76. The number of nitrogens with zero attached hydrogens (tertiary/aromatic N) is 4. The van der Waals surface area contributed by atoms with Crippen molar-refractivity contribution in [3.05, 3.63) is 52.5 Å². The first-order valence-corrected chi connectivity index (χ1v) is 10.0. The van der Waals surface area contributed by atoms with E-state index in [1.54, 1.807) is 4.90 Å². The number of hydrogen-bond donors (Lipinski definition) is 0. The lowest BCUT2D eigenvalue weighted by Gasteiger charge is -2.35. The van der Waals surface area contributed by atoms with Crippen molar-refractivity contribution in [2.24, 2.45) is 0 Å². The molecule has 3 heterocycles. The molecule has 0 unspecified atom stereocenters. The molecule has 2 aromatic heterocycles. The van der Waals surface area contributed by atoms with Crippen LogP contribution in [0.2, 0.25) is 5.02 Å². The molecule has 1 aliphatic rings. The Hall–Kier alpha value is -2.80. The van der Waals surface area contributed by atoms with Gasteiger partial charge in [0.25, 0.3) is 0 Å². The van der Waals surface area contributed by atoms with Crippen molar-refractivity contribution in [1.82, 2.24) is 19.5 Å². The normalized spacial score (nSPS) is 14.6. The Kier molecular flexibility index (Phi) is 5.32. The van der Waals surface area contributed by atoms with Crippen LogP contribution < -0.4 is 0 Å². The molecule has 7 nitrogen and oxygen atoms in total. The third-order valence-electron chi connectivity index (χ3n) is 5.54. The summed E-state index contributed by atoms with van der Waals surface area (Å²) in [6, 6.07) is 7.64. The fraction of sp³-hybridized carbons (Fsp3) is 0.381. The lowest BCUT2D eigenvalue weighted by atomic mass is 10.1. The van der Waals surface area contributed by atoms with Gasteiger partial charge in [-0.05, 0) is 37.4 Å². The van der Waals surface area contributed by atoms with Crippen molar-refractivity contribution in [3.8, 4) is 0 Å². The number of halogens is 1. The van der Waals surface area contributed by atoms with E-state index < -0.39 is 0 Å². The number of fused-ring (bicyclic) bond motifs is 1. The summed E-state index contributed by atoms with van der Waals surface area (Å²) in [7, 11) is 0. The van der Waals surface area contributed by atoms with Crippen molar-refractivity contribution in [2.75, 3.05) is 26.2 Å². The van der Waals surface area contributed by atoms with Gasteiger partial charge in [-0.25, -0.2) is 0 Å². The average molecular weight is 415 g/mol. The summed E-state index contributed by atoms with van der Waals surface area (Å²) < 4.78 is 7.05. The summed E-state index contributed by atoms with van der Waals surface area (Å²) in [6.45, 7) is 6.05. The molecule has 1 aliphatic heterocycles. The van der Waals surface area contributed by atoms with Crippen LogP contribution in [-0.2, 0) is 22.6 Å². The molecule has 1 fully saturated rings. The molecule has 0 bridgehead atoms. The quantitative estimate of drug-likeness (QED) is 0.658. The van der Waals surface area contributed by atoms with Crippen LogP contribution in [0.3, 0.4) is 0 Å². The molecule has 152 valence electrons. The highest BCUT2D eigenvalue weighted by Crippen LogP contribution is 2.21. The Morgan fingerprint density at radius 3 is 2.41 bits per heavy atom. The standard InChI is InChI=1S/C21H23ClN4O3/c1-14-18(15(2)29-23-14)12-20(27)24-7-9-25(10-8-24)21(28)13-26-6-5-16-3-4-17(22)11-19(16)26/h3-6,11H,7-10,12-13H2,1-2H3. The summed E-state index contributed by atoms with van der Waals surface area (Å²) in [4.78, 5) is 29.0. The van der Waals surface area contributed by atoms with Gasteiger partial charge in [0.15, 0.2) is 0 Å². The largest absolute Gasteiger partial charge is 0.361 e. The monoisotopic (exact) mass is 414 g/mol. The lowest BCUT2D eigenvalue weighted by molar-refractivity contribution is -0.139. The molecule has 1 aromatic carbocycles. The highest BCUT2D eigenvalue weighted by atomic mass is 35.5. The number of rotatable bonds is 4. The van der Waals surface area contributed by atoms with Crippen LogP contribution >= 0.6 is 11.6 Å². The predicted molar refractivity (Wildman–Crippen MR) is 110 cm³/mol. The molecular formula is C21H23ClN4O3. The number of carbonyl (C=O) groups excluding carboxylic acids is 2. The number of benzene rings is 1. The van der Waals surface area contributed by atoms with E-state index in [0.29, 0.717) is 37.0 Å². The zero-order valence-electron chi connectivity index (χ0n) is 16.5. The molecule has 4 rings (SSSR count). The Bertz CT molecular complexity index is 1040. The van der Waals surface area contributed by atoms with Gasteiger partial charge >= 0.3 is 0 Å². The number of hydrogen-bond acceptors (Lipinski definition) is 4. The predicted octanol–water partition coefficient (Wildman–Crippen LogP) is 2.81. The molecule has 3 aromatic rings. The van der Waals surface area contributed by atoms with Crippen LogP contribution in [0.25, 0.3) is 10.9 Å². The Balaban J connectivity index is 1.34. The molecule has 0 saturated carbocycles. The average Bonchev–Trinajstić information content (AvgIpc) is 3.25. The zero-order chi connectivity index (χ0) is 20.5. The topological polar surface area (TPSA) is 71.6 Å². The van der Waals surface area contributed by atoms with Gasteiger partial charge in [-0.1, -0.05) is 22.8 Å². The molecule has 0 spiro atoms. The van der Waals surface area contributed by atoms with E-state index in [2.05, 4.69) is 5.16 Å². The summed E-state index contributed by atoms with van der Waals surface area (Å²) in [5, 5.41) is 5.60. The molecule has 0 atom stereocenters. The molecule has 0 aliphatic carbocycles. The maximum atomic E-state index is 12.8. The van der Waals surface area contributed by atoms with Crippen LogP contribution in [0.15, 0.2) is 35.0 Å². The van der Waals surface area contributed by atoms with Gasteiger partial charge in [-0.15, -0.1) is 0 Å². The second kappa shape index (κ2) is 7.91. The van der Waals surface area contributed by atoms with Crippen molar-refractivity contribution in [3.63, 3.8) is 0 Å². The molecule has 1 saturated heterocycles. The Labute approximate surface area is 173 Å². The summed E-state index contributed by atoms with van der Waals surface area (Å²) in [5.74, 6) is 0.765. The van der Waals surface area contributed by atoms with Crippen LogP contribution in [0, 0.1) is 13.8 Å². The smallest absolute Gasteiger partial charge is 0.242 e. The van der Waals surface area contributed by atoms with Crippen molar-refractivity contribution < 1.29 is 14.1 Å². The van der Waals surface area contributed by atoms with E-state index in [1.807, 2.05) is 53.8 Å². The second-order valence-electron chi connectivity index (χ2n) is 7.39. The molecule has 8 heteroatoms. The minimum atomic E-state index is 0.0394. The van der Waals surface area contributed by atoms with E-state index in [9.17, 15) is 9.59 Å². The summed E-state index contributed by atoms with van der Waals surface area (Å²) in [6.07, 6.45) is 2.19. The zero-order valence-corrected chi connectivity index (χ0v) is 17.3. The first-order valence-electron chi connectivity index (χ1n) is 9.64.